The Morgan fingerprint density at radius 2 is 2.10 bits per heavy atom. The molecule has 0 aliphatic rings. The van der Waals surface area contributed by atoms with Crippen molar-refractivity contribution in [3.05, 3.63) is 48.3 Å². The number of amides is 2. The second-order valence-electron chi connectivity index (χ2n) is 4.23. The monoisotopic (exact) mass is 274 g/mol. The second-order valence-corrected chi connectivity index (χ2v) is 4.23. The fourth-order valence-corrected chi connectivity index (χ4v) is 1.68. The Morgan fingerprint density at radius 1 is 1.30 bits per heavy atom. The summed E-state index contributed by atoms with van der Waals surface area (Å²) in [7, 11) is 1.59. The van der Waals surface area contributed by atoms with E-state index in [1.165, 1.54) is 0 Å². The molecule has 0 aliphatic carbocycles. The summed E-state index contributed by atoms with van der Waals surface area (Å²) < 4.78 is 6.63. The number of ether oxygens (including phenoxy) is 1. The lowest BCUT2D eigenvalue weighted by Gasteiger charge is -2.05. The summed E-state index contributed by atoms with van der Waals surface area (Å²) in [6, 6.07) is 9.61. The molecule has 20 heavy (non-hydrogen) atoms. The minimum absolute atomic E-state index is 0.213. The van der Waals surface area contributed by atoms with Crippen LogP contribution in [0.5, 0.6) is 0 Å². The van der Waals surface area contributed by atoms with Crippen LogP contribution in [0.15, 0.2) is 42.7 Å². The molecule has 106 valence electrons. The highest BCUT2D eigenvalue weighted by Crippen LogP contribution is 2.07. The largest absolute Gasteiger partial charge is 0.383 e. The van der Waals surface area contributed by atoms with Crippen LogP contribution in [-0.2, 0) is 11.3 Å². The molecule has 0 spiro atoms. The highest BCUT2D eigenvalue weighted by molar-refractivity contribution is 5.73. The van der Waals surface area contributed by atoms with Gasteiger partial charge >= 0.3 is 6.03 Å². The lowest BCUT2D eigenvalue weighted by molar-refractivity contribution is 0.196. The molecular formula is C14H18N4O2. The van der Waals surface area contributed by atoms with Gasteiger partial charge in [0.05, 0.1) is 18.5 Å². The zero-order valence-electron chi connectivity index (χ0n) is 11.4. The van der Waals surface area contributed by atoms with Crippen LogP contribution in [0.2, 0.25) is 0 Å². The van der Waals surface area contributed by atoms with Crippen LogP contribution in [0.4, 0.5) is 4.79 Å². The SMILES string of the molecule is COCCNC(=O)NCc1cnn(-c2ccccc2)c1. The molecule has 6 heteroatoms. The van der Waals surface area contributed by atoms with Gasteiger partial charge in [-0.2, -0.15) is 5.10 Å². The highest BCUT2D eigenvalue weighted by atomic mass is 16.5. The number of carbonyl (C=O) groups is 1. The Morgan fingerprint density at radius 3 is 2.85 bits per heavy atom. The van der Waals surface area contributed by atoms with Gasteiger partial charge in [0.2, 0.25) is 0 Å². The van der Waals surface area contributed by atoms with Crippen LogP contribution in [0.3, 0.4) is 0 Å². The van der Waals surface area contributed by atoms with Crippen LogP contribution in [-0.4, -0.2) is 36.1 Å². The average molecular weight is 274 g/mol. The standard InChI is InChI=1S/C14H18N4O2/c1-20-8-7-15-14(19)16-9-12-10-17-18(11-12)13-5-3-2-4-6-13/h2-6,10-11H,7-9H2,1H3,(H2,15,16,19). The Kier molecular flexibility index (Phi) is 5.14. The molecule has 1 aromatic carbocycles. The molecule has 0 saturated heterocycles. The van der Waals surface area contributed by atoms with Crippen molar-refractivity contribution in [1.82, 2.24) is 20.4 Å². The number of carbonyl (C=O) groups excluding carboxylic acids is 1. The van der Waals surface area contributed by atoms with Gasteiger partial charge in [0, 0.05) is 32.0 Å². The molecule has 0 saturated carbocycles. The van der Waals surface area contributed by atoms with Crippen LogP contribution in [0.1, 0.15) is 5.56 Å². The minimum Gasteiger partial charge on any atom is -0.383 e. The first-order valence-electron chi connectivity index (χ1n) is 6.39. The molecule has 0 radical (unpaired) electrons. The van der Waals surface area contributed by atoms with Crippen molar-refractivity contribution in [3.63, 3.8) is 0 Å². The van der Waals surface area contributed by atoms with Crippen LogP contribution >= 0.6 is 0 Å². The molecule has 2 amide bonds. The number of nitrogens with one attached hydrogen (secondary N) is 2. The van der Waals surface area contributed by atoms with Crippen LogP contribution < -0.4 is 10.6 Å². The maximum Gasteiger partial charge on any atom is 0.315 e. The van der Waals surface area contributed by atoms with E-state index in [1.807, 2.05) is 36.5 Å². The molecule has 1 heterocycles. The van der Waals surface area contributed by atoms with Gasteiger partial charge in [-0.3, -0.25) is 0 Å². The summed E-state index contributed by atoms with van der Waals surface area (Å²) in [4.78, 5) is 11.5. The fourth-order valence-electron chi connectivity index (χ4n) is 1.68. The minimum atomic E-state index is -0.213. The molecule has 0 unspecified atom stereocenters. The molecule has 6 nitrogen and oxygen atoms in total. The quantitative estimate of drug-likeness (QED) is 0.781. The Balaban J connectivity index is 1.83. The van der Waals surface area contributed by atoms with E-state index in [-0.39, 0.29) is 6.03 Å². The number of hydrogen-bond donors (Lipinski definition) is 2. The molecule has 2 N–H and O–H groups in total. The van der Waals surface area contributed by atoms with Crippen molar-refractivity contribution >= 4 is 6.03 Å². The van der Waals surface area contributed by atoms with Gasteiger partial charge in [0.25, 0.3) is 0 Å². The van der Waals surface area contributed by atoms with Gasteiger partial charge in [-0.1, -0.05) is 18.2 Å². The number of urea groups is 1. The molecule has 2 rings (SSSR count). The molecular weight excluding hydrogens is 256 g/mol. The van der Waals surface area contributed by atoms with Gasteiger partial charge in [0.1, 0.15) is 0 Å². The number of benzene rings is 1. The van der Waals surface area contributed by atoms with E-state index in [0.29, 0.717) is 19.7 Å². The smallest absolute Gasteiger partial charge is 0.315 e. The molecule has 2 aromatic rings. The molecule has 1 aromatic heterocycles. The lowest BCUT2D eigenvalue weighted by Crippen LogP contribution is -2.36. The van der Waals surface area contributed by atoms with Crippen molar-refractivity contribution in [3.8, 4) is 5.69 Å². The van der Waals surface area contributed by atoms with Gasteiger partial charge in [-0.15, -0.1) is 0 Å². The van der Waals surface area contributed by atoms with Gasteiger partial charge < -0.3 is 15.4 Å². The van der Waals surface area contributed by atoms with Crippen molar-refractivity contribution < 1.29 is 9.53 Å². The molecule has 0 aliphatic heterocycles. The first-order chi connectivity index (χ1) is 9.79. The van der Waals surface area contributed by atoms with E-state index >= 15 is 0 Å². The van der Waals surface area contributed by atoms with E-state index in [1.54, 1.807) is 18.0 Å². The van der Waals surface area contributed by atoms with Crippen molar-refractivity contribution in [2.45, 2.75) is 6.54 Å². The summed E-state index contributed by atoms with van der Waals surface area (Å²) >= 11 is 0. The van der Waals surface area contributed by atoms with Crippen molar-refractivity contribution in [2.75, 3.05) is 20.3 Å². The lowest BCUT2D eigenvalue weighted by atomic mass is 10.3. The first kappa shape index (κ1) is 14.1. The van der Waals surface area contributed by atoms with E-state index < -0.39 is 0 Å². The van der Waals surface area contributed by atoms with Gasteiger partial charge in [-0.25, -0.2) is 9.48 Å². The maximum absolute atomic E-state index is 11.5. The van der Waals surface area contributed by atoms with Crippen LogP contribution in [0.25, 0.3) is 5.69 Å². The number of nitrogens with zero attached hydrogens (tertiary/aromatic N) is 2. The second kappa shape index (κ2) is 7.30. The summed E-state index contributed by atoms with van der Waals surface area (Å²) in [6.45, 7) is 1.43. The zero-order chi connectivity index (χ0) is 14.2. The zero-order valence-corrected chi connectivity index (χ0v) is 11.4. The maximum atomic E-state index is 11.5. The van der Waals surface area contributed by atoms with Gasteiger partial charge in [0.15, 0.2) is 0 Å². The Hall–Kier alpha value is -2.34. The molecule has 0 bridgehead atoms. The third kappa shape index (κ3) is 4.10. The number of para-hydroxylation sites is 1. The fraction of sp³-hybridized carbons (Fsp3) is 0.286. The number of hydrogen-bond acceptors (Lipinski definition) is 3. The molecule has 0 fully saturated rings. The number of aromatic nitrogens is 2. The van der Waals surface area contributed by atoms with E-state index in [4.69, 9.17) is 4.74 Å². The topological polar surface area (TPSA) is 68.2 Å². The van der Waals surface area contributed by atoms with E-state index in [0.717, 1.165) is 11.3 Å². The first-order valence-corrected chi connectivity index (χ1v) is 6.39. The average Bonchev–Trinajstić information content (AvgIpc) is 2.95. The third-order valence-electron chi connectivity index (χ3n) is 2.70. The molecule has 0 atom stereocenters. The van der Waals surface area contributed by atoms with Crippen molar-refractivity contribution in [1.29, 1.82) is 0 Å². The summed E-state index contributed by atoms with van der Waals surface area (Å²) in [5.41, 5.74) is 1.93. The predicted molar refractivity (Wildman–Crippen MR) is 75.7 cm³/mol. The number of methoxy groups -OCH3 is 1. The Labute approximate surface area is 117 Å². The number of rotatable bonds is 6. The van der Waals surface area contributed by atoms with E-state index in [2.05, 4.69) is 15.7 Å². The Bertz CT molecular complexity index is 539. The van der Waals surface area contributed by atoms with E-state index in [9.17, 15) is 4.79 Å². The third-order valence-corrected chi connectivity index (χ3v) is 2.70. The van der Waals surface area contributed by atoms with Crippen LogP contribution in [0, 0.1) is 0 Å². The van der Waals surface area contributed by atoms with Gasteiger partial charge in [-0.05, 0) is 12.1 Å². The highest BCUT2D eigenvalue weighted by Gasteiger charge is 2.03. The van der Waals surface area contributed by atoms with Crippen molar-refractivity contribution in [2.24, 2.45) is 0 Å². The summed E-state index contributed by atoms with van der Waals surface area (Å²) in [6.07, 6.45) is 3.63. The predicted octanol–water partition coefficient (Wildman–Crippen LogP) is 1.32. The summed E-state index contributed by atoms with van der Waals surface area (Å²) in [5.74, 6) is 0. The normalized spacial score (nSPS) is 10.2. The summed E-state index contributed by atoms with van der Waals surface area (Å²) in [5, 5.41) is 9.72.